The van der Waals surface area contributed by atoms with Gasteiger partial charge < -0.3 is 15.3 Å². The lowest BCUT2D eigenvalue weighted by atomic mass is 9.84. The quantitative estimate of drug-likeness (QED) is 0.377. The average molecular weight is 491 g/mol. The third kappa shape index (κ3) is 4.50. The van der Waals surface area contributed by atoms with Crippen molar-refractivity contribution < 1.29 is 20.1 Å². The highest BCUT2D eigenvalue weighted by Gasteiger charge is 2.40. The molecule has 1 aromatic heterocycles. The minimum absolute atomic E-state index is 0.0124. The zero-order chi connectivity index (χ0) is 23.8. The van der Waals surface area contributed by atoms with Crippen LogP contribution in [0.4, 0.5) is 5.69 Å². The lowest BCUT2D eigenvalue weighted by Gasteiger charge is -2.29. The molecule has 2 aliphatic carbocycles. The molecule has 0 saturated heterocycles. The molecule has 2 aliphatic rings. The van der Waals surface area contributed by atoms with Crippen molar-refractivity contribution in [3.63, 3.8) is 0 Å². The first-order valence-corrected chi connectivity index (χ1v) is 11.5. The van der Waals surface area contributed by atoms with Gasteiger partial charge in [-0.2, -0.15) is 10.2 Å². The van der Waals surface area contributed by atoms with Crippen molar-refractivity contribution in [2.24, 2.45) is 10.2 Å². The Balaban J connectivity index is 1.63. The minimum atomic E-state index is -1.69. The van der Waals surface area contributed by atoms with E-state index in [4.69, 9.17) is 23.2 Å². The molecule has 1 heterocycles. The normalized spacial score (nSPS) is 27.6. The first-order valence-electron chi connectivity index (χ1n) is 10.6. The topological polar surface area (TPSA) is 120 Å². The molecule has 0 aliphatic heterocycles. The molecular weight excluding hydrogens is 467 g/mol. The summed E-state index contributed by atoms with van der Waals surface area (Å²) in [5.41, 5.74) is -0.0146. The molecule has 4 rings (SSSR count). The van der Waals surface area contributed by atoms with Gasteiger partial charge in [0.05, 0.1) is 22.5 Å². The van der Waals surface area contributed by atoms with Crippen LogP contribution in [0.1, 0.15) is 43.0 Å². The largest absolute Gasteiger partial charge is 0.507 e. The fraction of sp³-hybridized carbons (Fsp3) is 0.391. The zero-order valence-electron chi connectivity index (χ0n) is 17.9. The molecule has 4 atom stereocenters. The van der Waals surface area contributed by atoms with Gasteiger partial charge in [-0.1, -0.05) is 30.4 Å². The van der Waals surface area contributed by atoms with Gasteiger partial charge in [-0.3, -0.25) is 0 Å². The number of phenolic OH excluding ortho intramolecular Hbond substituents is 1. The van der Waals surface area contributed by atoms with E-state index in [-0.39, 0.29) is 40.5 Å². The SMILES string of the molecule is Cc1nn(C2CCC(Cl)C(Cl)C2)c(O)c1N=NC1(C(=O)O)C=CC=C(c2ccccc2O)C1. The van der Waals surface area contributed by atoms with Gasteiger partial charge >= 0.3 is 5.97 Å². The van der Waals surface area contributed by atoms with Crippen LogP contribution < -0.4 is 0 Å². The number of aromatic hydroxyl groups is 2. The van der Waals surface area contributed by atoms with Crippen LogP contribution in [0.15, 0.2) is 52.7 Å². The standard InChI is InChI=1S/C23H24Cl2N4O4/c1-13-20(21(31)29(27-13)15-8-9-17(24)18(25)11-15)26-28-23(22(32)33)10-4-5-14(12-23)16-6-2-3-7-19(16)30/h2-7,10,15,17-18,30-31H,8-9,11-12H2,1H3,(H,32,33). The number of halogens is 2. The van der Waals surface area contributed by atoms with Crippen molar-refractivity contribution in [3.05, 3.63) is 53.8 Å². The number of aliphatic carboxylic acids is 1. The van der Waals surface area contributed by atoms with Crippen LogP contribution in [0.25, 0.3) is 5.57 Å². The number of rotatable bonds is 5. The second-order valence-corrected chi connectivity index (χ2v) is 9.50. The summed E-state index contributed by atoms with van der Waals surface area (Å²) in [5, 5.41) is 43.3. The second-order valence-electron chi connectivity index (χ2n) is 8.38. The van der Waals surface area contributed by atoms with Crippen LogP contribution in [-0.2, 0) is 4.79 Å². The fourth-order valence-electron chi connectivity index (χ4n) is 4.24. The molecule has 1 saturated carbocycles. The summed E-state index contributed by atoms with van der Waals surface area (Å²) < 4.78 is 1.47. The van der Waals surface area contributed by atoms with Gasteiger partial charge in [0.25, 0.3) is 0 Å². The molecule has 0 radical (unpaired) electrons. The molecule has 174 valence electrons. The second kappa shape index (κ2) is 9.19. The number of benzene rings is 1. The van der Waals surface area contributed by atoms with E-state index in [1.165, 1.54) is 16.8 Å². The number of aryl methyl sites for hydroxylation is 1. The van der Waals surface area contributed by atoms with Crippen molar-refractivity contribution in [2.75, 3.05) is 0 Å². The Morgan fingerprint density at radius 1 is 1.21 bits per heavy atom. The number of carboxylic acid groups (broad SMARTS) is 1. The molecule has 2 aromatic rings. The van der Waals surface area contributed by atoms with E-state index in [1.807, 2.05) is 0 Å². The molecule has 4 unspecified atom stereocenters. The summed E-state index contributed by atoms with van der Waals surface area (Å²) in [6.45, 7) is 1.67. The van der Waals surface area contributed by atoms with Crippen LogP contribution in [0, 0.1) is 6.92 Å². The number of hydrogen-bond acceptors (Lipinski definition) is 6. The zero-order valence-corrected chi connectivity index (χ0v) is 19.4. The van der Waals surface area contributed by atoms with E-state index < -0.39 is 11.5 Å². The van der Waals surface area contributed by atoms with E-state index in [0.29, 0.717) is 36.1 Å². The predicted molar refractivity (Wildman–Crippen MR) is 126 cm³/mol. The molecule has 0 bridgehead atoms. The summed E-state index contributed by atoms with van der Waals surface area (Å²) in [6.07, 6.45) is 6.71. The van der Waals surface area contributed by atoms with Crippen molar-refractivity contribution in [3.8, 4) is 11.6 Å². The van der Waals surface area contributed by atoms with Crippen molar-refractivity contribution in [1.29, 1.82) is 0 Å². The van der Waals surface area contributed by atoms with Gasteiger partial charge in [0.2, 0.25) is 11.4 Å². The third-order valence-electron chi connectivity index (χ3n) is 6.12. The molecule has 0 spiro atoms. The van der Waals surface area contributed by atoms with Crippen molar-refractivity contribution in [2.45, 2.75) is 54.9 Å². The molecule has 33 heavy (non-hydrogen) atoms. The first kappa shape index (κ1) is 23.3. The number of aromatic nitrogens is 2. The Bertz CT molecular complexity index is 1160. The molecule has 10 heteroatoms. The fourth-order valence-corrected chi connectivity index (χ4v) is 4.80. The Hall–Kier alpha value is -2.84. The monoisotopic (exact) mass is 490 g/mol. The van der Waals surface area contributed by atoms with Gasteiger partial charge in [-0.05, 0) is 43.9 Å². The van der Waals surface area contributed by atoms with E-state index >= 15 is 0 Å². The van der Waals surface area contributed by atoms with Gasteiger partial charge in [-0.25, -0.2) is 9.48 Å². The Morgan fingerprint density at radius 2 is 1.97 bits per heavy atom. The number of carbonyl (C=O) groups is 1. The van der Waals surface area contributed by atoms with Crippen molar-refractivity contribution in [1.82, 2.24) is 9.78 Å². The maximum Gasteiger partial charge on any atom is 0.337 e. The lowest BCUT2D eigenvalue weighted by molar-refractivity contribution is -0.141. The highest BCUT2D eigenvalue weighted by molar-refractivity contribution is 6.30. The highest BCUT2D eigenvalue weighted by atomic mass is 35.5. The molecule has 3 N–H and O–H groups in total. The maximum absolute atomic E-state index is 12.2. The van der Waals surface area contributed by atoms with Crippen molar-refractivity contribution >= 4 is 40.4 Å². The van der Waals surface area contributed by atoms with Crippen LogP contribution in [0.3, 0.4) is 0 Å². The number of hydrogen-bond donors (Lipinski definition) is 3. The number of para-hydroxylation sites is 1. The van der Waals surface area contributed by atoms with Gasteiger partial charge in [-0.15, -0.1) is 28.3 Å². The Morgan fingerprint density at radius 3 is 2.67 bits per heavy atom. The van der Waals surface area contributed by atoms with Crippen LogP contribution in [0.2, 0.25) is 0 Å². The minimum Gasteiger partial charge on any atom is -0.507 e. The van der Waals surface area contributed by atoms with Gasteiger partial charge in [0, 0.05) is 12.0 Å². The number of carboxylic acids is 1. The predicted octanol–water partition coefficient (Wildman–Crippen LogP) is 5.49. The summed E-state index contributed by atoms with van der Waals surface area (Å²) in [6, 6.07) is 6.57. The van der Waals surface area contributed by atoms with E-state index in [2.05, 4.69) is 15.3 Å². The highest BCUT2D eigenvalue weighted by Crippen LogP contribution is 2.42. The van der Waals surface area contributed by atoms with Crippen LogP contribution in [0.5, 0.6) is 11.6 Å². The summed E-state index contributed by atoms with van der Waals surface area (Å²) in [5.74, 6) is -1.33. The van der Waals surface area contributed by atoms with E-state index in [9.17, 15) is 20.1 Å². The first-order chi connectivity index (χ1) is 15.7. The number of allylic oxidation sites excluding steroid dienone is 2. The summed E-state index contributed by atoms with van der Waals surface area (Å²) in [4.78, 5) is 12.2. The van der Waals surface area contributed by atoms with Crippen LogP contribution >= 0.6 is 23.2 Å². The van der Waals surface area contributed by atoms with E-state index in [0.717, 1.165) is 0 Å². The smallest absolute Gasteiger partial charge is 0.337 e. The van der Waals surface area contributed by atoms with Gasteiger partial charge in [0.15, 0.2) is 5.69 Å². The number of phenols is 1. The summed E-state index contributed by atoms with van der Waals surface area (Å²) >= 11 is 12.5. The molecule has 8 nitrogen and oxygen atoms in total. The van der Waals surface area contributed by atoms with Crippen LogP contribution in [-0.4, -0.2) is 47.4 Å². The maximum atomic E-state index is 12.2. The van der Waals surface area contributed by atoms with E-state index in [1.54, 1.807) is 37.3 Å². The number of nitrogens with zero attached hydrogens (tertiary/aromatic N) is 4. The number of azo groups is 1. The Kier molecular flexibility index (Phi) is 6.50. The summed E-state index contributed by atoms with van der Waals surface area (Å²) in [7, 11) is 0. The molecule has 1 fully saturated rings. The lowest BCUT2D eigenvalue weighted by Crippen LogP contribution is -2.35. The molecule has 0 amide bonds. The van der Waals surface area contributed by atoms with Gasteiger partial charge in [0.1, 0.15) is 5.75 Å². The third-order valence-corrected chi connectivity index (χ3v) is 7.25. The number of alkyl halides is 2. The average Bonchev–Trinajstić information content (AvgIpc) is 3.08. The molecule has 1 aromatic carbocycles. The molecular formula is C23H24Cl2N4O4. The Labute approximate surface area is 200 Å².